The van der Waals surface area contributed by atoms with E-state index in [2.05, 4.69) is 9.97 Å². The number of rotatable bonds is 5. The Morgan fingerprint density at radius 3 is 2.67 bits per heavy atom. The van der Waals surface area contributed by atoms with Crippen LogP contribution in [0.2, 0.25) is 0 Å². The van der Waals surface area contributed by atoms with Crippen LogP contribution in [-0.4, -0.2) is 36.9 Å². The zero-order chi connectivity index (χ0) is 19.7. The maximum atomic E-state index is 12.7. The van der Waals surface area contributed by atoms with Crippen molar-refractivity contribution >= 4 is 40.1 Å². The lowest BCUT2D eigenvalue weighted by Gasteiger charge is -2.14. The van der Waals surface area contributed by atoms with E-state index in [1.54, 1.807) is 20.9 Å². The van der Waals surface area contributed by atoms with Crippen LogP contribution in [-0.2, 0) is 23.6 Å². The topological polar surface area (TPSA) is 96.1 Å². The molecule has 0 fully saturated rings. The first kappa shape index (κ1) is 19.3. The van der Waals surface area contributed by atoms with Crippen LogP contribution in [0, 0.1) is 0 Å². The Labute approximate surface area is 162 Å². The normalized spacial score (nSPS) is 12.3. The summed E-state index contributed by atoms with van der Waals surface area (Å²) in [7, 11) is 2.96. The van der Waals surface area contributed by atoms with Crippen LogP contribution in [0.5, 0.6) is 0 Å². The molecule has 0 spiro atoms. The summed E-state index contributed by atoms with van der Waals surface area (Å²) in [6.07, 6.45) is 0. The van der Waals surface area contributed by atoms with Gasteiger partial charge in [0.1, 0.15) is 15.7 Å². The van der Waals surface area contributed by atoms with Gasteiger partial charge in [0, 0.05) is 14.1 Å². The van der Waals surface area contributed by atoms with E-state index in [0.29, 0.717) is 10.9 Å². The molecule has 142 valence electrons. The van der Waals surface area contributed by atoms with Crippen molar-refractivity contribution in [1.82, 2.24) is 19.1 Å². The van der Waals surface area contributed by atoms with E-state index in [-0.39, 0.29) is 17.6 Å². The van der Waals surface area contributed by atoms with Gasteiger partial charge in [-0.2, -0.15) is 0 Å². The summed E-state index contributed by atoms with van der Waals surface area (Å²) in [5.74, 6) is 0.00731. The molecule has 0 aliphatic rings. The second kappa shape index (κ2) is 7.65. The molecule has 3 heterocycles. The fourth-order valence-electron chi connectivity index (χ4n) is 2.51. The molecule has 10 heteroatoms. The molecule has 3 aromatic heterocycles. The van der Waals surface area contributed by atoms with Crippen molar-refractivity contribution in [3.05, 3.63) is 38.4 Å². The fourth-order valence-corrected chi connectivity index (χ4v) is 4.10. The van der Waals surface area contributed by atoms with Gasteiger partial charge in [-0.05, 0) is 25.3 Å². The lowest BCUT2D eigenvalue weighted by Crippen LogP contribution is -2.37. The van der Waals surface area contributed by atoms with Gasteiger partial charge in [-0.3, -0.25) is 18.7 Å². The largest absolute Gasteiger partial charge is 0.465 e. The number of fused-ring (bicyclic) bond motifs is 1. The van der Waals surface area contributed by atoms with E-state index in [9.17, 15) is 14.4 Å². The summed E-state index contributed by atoms with van der Waals surface area (Å²) in [5.41, 5.74) is -0.734. The first-order valence-electron chi connectivity index (χ1n) is 8.20. The minimum absolute atomic E-state index is 0.209. The second-order valence-electron chi connectivity index (χ2n) is 5.75. The lowest BCUT2D eigenvalue weighted by atomic mass is 10.3. The maximum Gasteiger partial charge on any atom is 0.332 e. The Bertz CT molecular complexity index is 1120. The van der Waals surface area contributed by atoms with Crippen molar-refractivity contribution in [2.75, 3.05) is 6.61 Å². The van der Waals surface area contributed by atoms with E-state index in [4.69, 9.17) is 4.74 Å². The fraction of sp³-hybridized carbons (Fsp3) is 0.353. The molecule has 0 N–H and O–H groups in total. The number of thioether (sulfide) groups is 1. The van der Waals surface area contributed by atoms with Crippen molar-refractivity contribution < 1.29 is 9.53 Å². The highest BCUT2D eigenvalue weighted by molar-refractivity contribution is 8.00. The van der Waals surface area contributed by atoms with Crippen LogP contribution >= 0.6 is 23.1 Å². The predicted octanol–water partition coefficient (Wildman–Crippen LogP) is 1.80. The van der Waals surface area contributed by atoms with Crippen LogP contribution in [0.3, 0.4) is 0 Å². The number of esters is 1. The summed E-state index contributed by atoms with van der Waals surface area (Å²) < 4.78 is 7.37. The molecule has 0 aliphatic heterocycles. The van der Waals surface area contributed by atoms with E-state index in [1.807, 2.05) is 17.5 Å². The van der Waals surface area contributed by atoms with Gasteiger partial charge in [0.2, 0.25) is 0 Å². The van der Waals surface area contributed by atoms with Gasteiger partial charge in [-0.1, -0.05) is 17.8 Å². The summed E-state index contributed by atoms with van der Waals surface area (Å²) >= 11 is 2.57. The molecular formula is C17H18N4O4S2. The molecule has 0 saturated carbocycles. The van der Waals surface area contributed by atoms with Crippen LogP contribution in [0.4, 0.5) is 0 Å². The summed E-state index contributed by atoms with van der Waals surface area (Å²) in [4.78, 5) is 46.9. The molecule has 0 amide bonds. The predicted molar refractivity (Wildman–Crippen MR) is 105 cm³/mol. The number of aromatic nitrogens is 4. The number of ether oxygens (including phenoxy) is 1. The molecule has 0 saturated heterocycles. The third-order valence-electron chi connectivity index (χ3n) is 3.92. The van der Waals surface area contributed by atoms with Crippen molar-refractivity contribution in [1.29, 1.82) is 0 Å². The first-order valence-corrected chi connectivity index (χ1v) is 9.96. The lowest BCUT2D eigenvalue weighted by molar-refractivity contribution is -0.142. The minimum Gasteiger partial charge on any atom is -0.465 e. The number of nitrogens with zero attached hydrogens (tertiary/aromatic N) is 4. The van der Waals surface area contributed by atoms with Gasteiger partial charge in [0.05, 0.1) is 11.5 Å². The summed E-state index contributed by atoms with van der Waals surface area (Å²) in [6.45, 7) is 3.69. The van der Waals surface area contributed by atoms with Gasteiger partial charge in [-0.15, -0.1) is 11.3 Å². The minimum atomic E-state index is -0.568. The van der Waals surface area contributed by atoms with Crippen molar-refractivity contribution in [3.63, 3.8) is 0 Å². The average molecular weight is 406 g/mol. The molecular weight excluding hydrogens is 388 g/mol. The van der Waals surface area contributed by atoms with Gasteiger partial charge in [0.25, 0.3) is 5.56 Å². The smallest absolute Gasteiger partial charge is 0.332 e. The van der Waals surface area contributed by atoms with Gasteiger partial charge < -0.3 is 4.74 Å². The SMILES string of the molecule is CCOC(=O)[C@H](C)Sc1nc(-c2cccs2)nc2c1c(=O)n(C)c(=O)n2C. The standard InChI is InChI=1S/C17H18N4O4S2/c1-5-25-16(23)9(2)27-14-11-13(20(3)17(24)21(4)15(11)22)18-12(19-14)10-7-6-8-26-10/h6-9H,5H2,1-4H3/t9-/m0/s1. The van der Waals surface area contributed by atoms with Crippen molar-refractivity contribution in [2.45, 2.75) is 24.1 Å². The molecule has 3 aromatic rings. The van der Waals surface area contributed by atoms with E-state index in [0.717, 1.165) is 21.2 Å². The Hall–Kier alpha value is -2.46. The van der Waals surface area contributed by atoms with E-state index in [1.165, 1.54) is 23.0 Å². The number of hydrogen-bond donors (Lipinski definition) is 0. The number of carbonyl (C=O) groups excluding carboxylic acids is 1. The monoisotopic (exact) mass is 406 g/mol. The Kier molecular flexibility index (Phi) is 5.47. The molecule has 0 aliphatic carbocycles. The zero-order valence-corrected chi connectivity index (χ0v) is 16.9. The molecule has 1 atom stereocenters. The highest BCUT2D eigenvalue weighted by atomic mass is 32.2. The third-order valence-corrected chi connectivity index (χ3v) is 5.85. The number of aryl methyl sites for hydroxylation is 1. The Morgan fingerprint density at radius 1 is 1.30 bits per heavy atom. The molecule has 0 radical (unpaired) electrons. The van der Waals surface area contributed by atoms with E-state index < -0.39 is 22.5 Å². The van der Waals surface area contributed by atoms with Crippen LogP contribution in [0.25, 0.3) is 21.7 Å². The van der Waals surface area contributed by atoms with Crippen molar-refractivity contribution in [3.8, 4) is 10.7 Å². The molecule has 0 bridgehead atoms. The second-order valence-corrected chi connectivity index (χ2v) is 8.02. The van der Waals surface area contributed by atoms with Gasteiger partial charge >= 0.3 is 11.7 Å². The summed E-state index contributed by atoms with van der Waals surface area (Å²) in [6, 6.07) is 3.72. The van der Waals surface area contributed by atoms with Crippen LogP contribution in [0.15, 0.2) is 32.1 Å². The number of hydrogen-bond acceptors (Lipinski definition) is 8. The Balaban J connectivity index is 2.27. The quantitative estimate of drug-likeness (QED) is 0.362. The highest BCUT2D eigenvalue weighted by Gasteiger charge is 2.23. The van der Waals surface area contributed by atoms with Gasteiger partial charge in [-0.25, -0.2) is 14.8 Å². The summed E-state index contributed by atoms with van der Waals surface area (Å²) in [5, 5.41) is 1.88. The molecule has 3 rings (SSSR count). The molecule has 27 heavy (non-hydrogen) atoms. The van der Waals surface area contributed by atoms with Gasteiger partial charge in [0.15, 0.2) is 11.5 Å². The number of carbonyl (C=O) groups is 1. The third kappa shape index (κ3) is 3.54. The van der Waals surface area contributed by atoms with Crippen molar-refractivity contribution in [2.24, 2.45) is 14.1 Å². The maximum absolute atomic E-state index is 12.7. The molecule has 0 unspecified atom stereocenters. The first-order chi connectivity index (χ1) is 12.8. The highest BCUT2D eigenvalue weighted by Crippen LogP contribution is 2.30. The number of thiophene rings is 1. The Morgan fingerprint density at radius 2 is 2.04 bits per heavy atom. The zero-order valence-electron chi connectivity index (χ0n) is 15.3. The average Bonchev–Trinajstić information content (AvgIpc) is 3.19. The molecule has 0 aromatic carbocycles. The molecule has 8 nitrogen and oxygen atoms in total. The van der Waals surface area contributed by atoms with Crippen LogP contribution < -0.4 is 11.2 Å². The van der Waals surface area contributed by atoms with E-state index >= 15 is 0 Å². The van der Waals surface area contributed by atoms with Crippen LogP contribution in [0.1, 0.15) is 13.8 Å².